The van der Waals surface area contributed by atoms with Gasteiger partial charge < -0.3 is 4.90 Å². The van der Waals surface area contributed by atoms with Gasteiger partial charge in [-0.3, -0.25) is 0 Å². The summed E-state index contributed by atoms with van der Waals surface area (Å²) in [5, 5.41) is 8.66. The first-order valence-corrected chi connectivity index (χ1v) is 4.44. The first-order valence-electron chi connectivity index (χ1n) is 4.44. The molecule has 2 nitrogen and oxygen atoms in total. The minimum atomic E-state index is 0.410. The molecule has 2 unspecified atom stereocenters. The summed E-state index contributed by atoms with van der Waals surface area (Å²) in [5.41, 5.74) is 0.410. The fraction of sp³-hybridized carbons (Fsp3) is 0.889. The van der Waals surface area contributed by atoms with Crippen molar-refractivity contribution in [2.24, 2.45) is 5.41 Å². The van der Waals surface area contributed by atoms with Gasteiger partial charge in [-0.25, -0.2) is 0 Å². The van der Waals surface area contributed by atoms with Crippen LogP contribution in [0.25, 0.3) is 0 Å². The van der Waals surface area contributed by atoms with Gasteiger partial charge in [0.05, 0.1) is 6.07 Å². The van der Waals surface area contributed by atoms with Crippen LogP contribution in [0, 0.1) is 16.7 Å². The Morgan fingerprint density at radius 1 is 1.36 bits per heavy atom. The van der Waals surface area contributed by atoms with Crippen LogP contribution in [-0.2, 0) is 0 Å². The van der Waals surface area contributed by atoms with Gasteiger partial charge in [0.1, 0.15) is 0 Å². The summed E-state index contributed by atoms with van der Waals surface area (Å²) in [4.78, 5) is 2.50. The minimum absolute atomic E-state index is 0.410. The van der Waals surface area contributed by atoms with Crippen molar-refractivity contribution >= 4 is 0 Å². The van der Waals surface area contributed by atoms with Crippen molar-refractivity contribution in [3.63, 3.8) is 0 Å². The van der Waals surface area contributed by atoms with Gasteiger partial charge in [0.25, 0.3) is 0 Å². The molecule has 2 atom stereocenters. The highest BCUT2D eigenvalue weighted by molar-refractivity contribution is 4.98. The Labute approximate surface area is 67.8 Å². The van der Waals surface area contributed by atoms with E-state index in [1.54, 1.807) is 0 Å². The molecule has 2 rings (SSSR count). The number of fused-ring (bicyclic) bond motifs is 2. The molecule has 0 N–H and O–H groups in total. The Morgan fingerprint density at radius 2 is 2.27 bits per heavy atom. The maximum absolute atomic E-state index is 8.66. The number of nitrogens with zero attached hydrogens (tertiary/aromatic N) is 2. The summed E-state index contributed by atoms with van der Waals surface area (Å²) in [6, 6.07) is 2.33. The third-order valence-corrected chi connectivity index (χ3v) is 3.15. The number of rotatable bonds is 1. The van der Waals surface area contributed by atoms with E-state index in [1.165, 1.54) is 38.9 Å². The van der Waals surface area contributed by atoms with Crippen LogP contribution in [0.5, 0.6) is 0 Å². The molecule has 0 aromatic carbocycles. The molecule has 60 valence electrons. The van der Waals surface area contributed by atoms with Crippen LogP contribution >= 0.6 is 0 Å². The van der Waals surface area contributed by atoms with Crippen molar-refractivity contribution in [2.45, 2.75) is 25.7 Å². The Kier molecular flexibility index (Phi) is 1.61. The van der Waals surface area contributed by atoms with Crippen molar-refractivity contribution < 1.29 is 0 Å². The highest BCUT2D eigenvalue weighted by Gasteiger charge is 2.40. The second kappa shape index (κ2) is 2.49. The normalized spacial score (nSPS) is 41.9. The topological polar surface area (TPSA) is 27.0 Å². The molecule has 2 aliphatic heterocycles. The molecule has 0 amide bonds. The first kappa shape index (κ1) is 7.12. The molecular weight excluding hydrogens is 136 g/mol. The summed E-state index contributed by atoms with van der Waals surface area (Å²) in [7, 11) is 0. The lowest BCUT2D eigenvalue weighted by Gasteiger charge is -2.31. The molecule has 0 radical (unpaired) electrons. The molecule has 2 heterocycles. The highest BCUT2D eigenvalue weighted by Crippen LogP contribution is 2.41. The van der Waals surface area contributed by atoms with E-state index >= 15 is 0 Å². The van der Waals surface area contributed by atoms with Crippen LogP contribution in [0.1, 0.15) is 25.7 Å². The molecule has 0 aromatic rings. The molecular formula is C9H14N2. The molecule has 0 spiro atoms. The first-order chi connectivity index (χ1) is 5.35. The molecule has 2 heteroatoms. The van der Waals surface area contributed by atoms with Gasteiger partial charge in [-0.15, -0.1) is 0 Å². The van der Waals surface area contributed by atoms with E-state index < -0.39 is 0 Å². The third kappa shape index (κ3) is 1.14. The second-order valence-electron chi connectivity index (χ2n) is 3.96. The summed E-state index contributed by atoms with van der Waals surface area (Å²) in [6.45, 7) is 3.70. The predicted octanol–water partition coefficient (Wildman–Crippen LogP) is 1.39. The largest absolute Gasteiger partial charge is 0.303 e. The van der Waals surface area contributed by atoms with Crippen LogP contribution in [0.3, 0.4) is 0 Å². The van der Waals surface area contributed by atoms with Crippen LogP contribution in [-0.4, -0.2) is 24.5 Å². The van der Waals surface area contributed by atoms with Crippen LogP contribution in [0.2, 0.25) is 0 Å². The van der Waals surface area contributed by atoms with E-state index in [9.17, 15) is 0 Å². The lowest BCUT2D eigenvalue weighted by molar-refractivity contribution is 0.186. The van der Waals surface area contributed by atoms with Gasteiger partial charge in [-0.05, 0) is 37.8 Å². The third-order valence-electron chi connectivity index (χ3n) is 3.15. The SMILES string of the molecule is N#CCC12CCCN(CC1)C2. The molecule has 2 saturated heterocycles. The number of hydrogen-bond acceptors (Lipinski definition) is 2. The standard InChI is InChI=1S/C9H14N2/c10-5-3-9-2-1-6-11(8-9)7-4-9/h1-4,6-8H2. The molecule has 0 saturated carbocycles. The zero-order valence-electron chi connectivity index (χ0n) is 6.84. The quantitative estimate of drug-likeness (QED) is 0.564. The maximum atomic E-state index is 8.66. The molecule has 11 heavy (non-hydrogen) atoms. The van der Waals surface area contributed by atoms with Gasteiger partial charge >= 0.3 is 0 Å². The fourth-order valence-electron chi connectivity index (χ4n) is 2.50. The Hall–Kier alpha value is -0.550. The summed E-state index contributed by atoms with van der Waals surface area (Å²) >= 11 is 0. The lowest BCUT2D eigenvalue weighted by atomic mass is 9.79. The number of nitriles is 1. The minimum Gasteiger partial charge on any atom is -0.303 e. The van der Waals surface area contributed by atoms with E-state index in [1.807, 2.05) is 0 Å². The van der Waals surface area contributed by atoms with E-state index in [2.05, 4.69) is 11.0 Å². The van der Waals surface area contributed by atoms with Crippen LogP contribution < -0.4 is 0 Å². The second-order valence-corrected chi connectivity index (χ2v) is 3.96. The molecule has 0 aliphatic carbocycles. The van der Waals surface area contributed by atoms with Gasteiger partial charge in [0, 0.05) is 13.0 Å². The van der Waals surface area contributed by atoms with E-state index in [0.29, 0.717) is 5.41 Å². The summed E-state index contributed by atoms with van der Waals surface area (Å²) in [5.74, 6) is 0. The fourth-order valence-corrected chi connectivity index (χ4v) is 2.50. The van der Waals surface area contributed by atoms with Gasteiger partial charge in [0.15, 0.2) is 0 Å². The molecule has 2 aliphatic rings. The van der Waals surface area contributed by atoms with Crippen molar-refractivity contribution in [2.75, 3.05) is 19.6 Å². The van der Waals surface area contributed by atoms with E-state index in [0.717, 1.165) is 6.42 Å². The Balaban J connectivity index is 2.08. The van der Waals surface area contributed by atoms with Crippen molar-refractivity contribution in [3.8, 4) is 6.07 Å². The van der Waals surface area contributed by atoms with Crippen molar-refractivity contribution in [3.05, 3.63) is 0 Å². The predicted molar refractivity (Wildman–Crippen MR) is 43.0 cm³/mol. The van der Waals surface area contributed by atoms with Gasteiger partial charge in [0.2, 0.25) is 0 Å². The average Bonchev–Trinajstić information content (AvgIpc) is 2.28. The van der Waals surface area contributed by atoms with Crippen molar-refractivity contribution in [1.82, 2.24) is 4.90 Å². The van der Waals surface area contributed by atoms with E-state index in [4.69, 9.17) is 5.26 Å². The maximum Gasteiger partial charge on any atom is 0.0628 e. The van der Waals surface area contributed by atoms with Gasteiger partial charge in [-0.2, -0.15) is 5.26 Å². The lowest BCUT2D eigenvalue weighted by Crippen LogP contribution is -2.33. The number of piperidine rings is 1. The van der Waals surface area contributed by atoms with Crippen LogP contribution in [0.4, 0.5) is 0 Å². The highest BCUT2D eigenvalue weighted by atomic mass is 15.2. The zero-order chi connectivity index (χ0) is 7.73. The monoisotopic (exact) mass is 150 g/mol. The number of hydrogen-bond donors (Lipinski definition) is 0. The Bertz CT molecular complexity index is 190. The Morgan fingerprint density at radius 3 is 3.09 bits per heavy atom. The molecule has 0 aromatic heterocycles. The summed E-state index contributed by atoms with van der Waals surface area (Å²) in [6.07, 6.45) is 4.64. The molecule has 2 bridgehead atoms. The zero-order valence-corrected chi connectivity index (χ0v) is 6.84. The summed E-state index contributed by atoms with van der Waals surface area (Å²) < 4.78 is 0. The van der Waals surface area contributed by atoms with E-state index in [-0.39, 0.29) is 0 Å². The van der Waals surface area contributed by atoms with Crippen LogP contribution in [0.15, 0.2) is 0 Å². The van der Waals surface area contributed by atoms with Crippen molar-refractivity contribution in [1.29, 1.82) is 5.26 Å². The smallest absolute Gasteiger partial charge is 0.0628 e. The molecule has 2 fully saturated rings. The average molecular weight is 150 g/mol. The van der Waals surface area contributed by atoms with Gasteiger partial charge in [-0.1, -0.05) is 0 Å².